The molecule has 198 valence electrons. The monoisotopic (exact) mass is 525 g/mol. The summed E-state index contributed by atoms with van der Waals surface area (Å²) < 4.78 is 23.8. The van der Waals surface area contributed by atoms with Gasteiger partial charge in [-0.2, -0.15) is 0 Å². The molecule has 1 aliphatic heterocycles. The number of ether oxygens (including phenoxy) is 1. The van der Waals surface area contributed by atoms with E-state index < -0.39 is 7.29 Å². The lowest BCUT2D eigenvalue weighted by Crippen LogP contribution is -2.45. The number of allylic oxidation sites excluding steroid dienone is 1. The van der Waals surface area contributed by atoms with E-state index in [-0.39, 0.29) is 5.41 Å². The molecule has 1 heterocycles. The minimum Gasteiger partial charge on any atom is -0.497 e. The fourth-order valence-electron chi connectivity index (χ4n) is 6.99. The molecule has 3 aromatic carbocycles. The highest BCUT2D eigenvalue weighted by Gasteiger charge is 2.62. The summed E-state index contributed by atoms with van der Waals surface area (Å²) in [5.74, 6) is 2.29. The molecule has 0 amide bonds. The molecule has 0 saturated heterocycles. The number of nitrogens with zero attached hydrogens (tertiary/aromatic N) is 1. The second-order valence-corrected chi connectivity index (χ2v) is 14.3. The number of unbranched alkanes of at least 4 members (excludes halogenated alkanes) is 1. The average molecular weight is 526 g/mol. The summed E-state index contributed by atoms with van der Waals surface area (Å²) in [5, 5.41) is 1.91. The highest BCUT2D eigenvalue weighted by Crippen LogP contribution is 2.68. The molecule has 2 fully saturated rings. The van der Waals surface area contributed by atoms with E-state index in [2.05, 4.69) is 60.1 Å². The highest BCUT2D eigenvalue weighted by atomic mass is 31.2. The summed E-state index contributed by atoms with van der Waals surface area (Å²) in [4.78, 5) is 0. The molecule has 1 spiro atoms. The molecule has 0 unspecified atom stereocenters. The Hall–Kier alpha value is -2.61. The first kappa shape index (κ1) is 25.7. The van der Waals surface area contributed by atoms with E-state index in [9.17, 15) is 0 Å². The van der Waals surface area contributed by atoms with Gasteiger partial charge in [0, 0.05) is 23.2 Å². The van der Waals surface area contributed by atoms with Crippen molar-refractivity contribution in [3.8, 4) is 5.75 Å². The molecule has 3 aromatic rings. The van der Waals surface area contributed by atoms with E-state index in [0.29, 0.717) is 18.5 Å². The largest absolute Gasteiger partial charge is 0.497 e. The Kier molecular flexibility index (Phi) is 7.10. The van der Waals surface area contributed by atoms with Crippen LogP contribution in [0.1, 0.15) is 57.4 Å². The van der Waals surface area contributed by atoms with Crippen LogP contribution in [0.15, 0.2) is 91.0 Å². The van der Waals surface area contributed by atoms with E-state index in [0.717, 1.165) is 28.7 Å². The fraction of sp³-hybridized carbons (Fsp3) is 0.412. The molecule has 3 atom stereocenters. The van der Waals surface area contributed by atoms with Crippen LogP contribution in [0.25, 0.3) is 5.57 Å². The maximum atomic E-state index is 15.7. The van der Waals surface area contributed by atoms with Gasteiger partial charge >= 0.3 is 0 Å². The maximum Gasteiger partial charge on any atom is 0.207 e. The van der Waals surface area contributed by atoms with E-state index in [1.54, 1.807) is 7.11 Å². The first-order chi connectivity index (χ1) is 18.6. The van der Waals surface area contributed by atoms with Gasteiger partial charge in [-0.3, -0.25) is 4.57 Å². The molecule has 0 bridgehead atoms. The van der Waals surface area contributed by atoms with Gasteiger partial charge < -0.3 is 4.74 Å². The van der Waals surface area contributed by atoms with Crippen molar-refractivity contribution in [1.29, 1.82) is 0 Å². The Bertz CT molecular complexity index is 1290. The van der Waals surface area contributed by atoms with Gasteiger partial charge in [0.15, 0.2) is 0 Å². The molecule has 6 rings (SSSR count). The Balaban J connectivity index is 1.48. The van der Waals surface area contributed by atoms with Crippen molar-refractivity contribution < 1.29 is 9.30 Å². The molecule has 38 heavy (non-hydrogen) atoms. The van der Waals surface area contributed by atoms with Crippen molar-refractivity contribution in [3.05, 3.63) is 96.6 Å². The summed E-state index contributed by atoms with van der Waals surface area (Å²) >= 11 is 0. The summed E-state index contributed by atoms with van der Waals surface area (Å²) in [6, 6.07) is 29.4. The standard InChI is InChI=1S/C34H40NO2P/c1-3-4-12-27-24-32(27)33-34(20-21-34)25-28(26-13-11-14-29(23-26)37-2)19-22-35(33)38(36,30-15-7-5-8-16-30)31-17-9-6-10-18-31/h5-11,13-19,23,27,32-33H,3-4,12,20-22,24-25H2,1-2H3/t27-,32-,33-/m0/s1. The van der Waals surface area contributed by atoms with Gasteiger partial charge in [0.1, 0.15) is 5.75 Å². The van der Waals surface area contributed by atoms with Gasteiger partial charge in [-0.05, 0) is 90.5 Å². The Labute approximate surface area is 228 Å². The topological polar surface area (TPSA) is 29.5 Å². The smallest absolute Gasteiger partial charge is 0.207 e. The lowest BCUT2D eigenvalue weighted by Gasteiger charge is -2.41. The van der Waals surface area contributed by atoms with E-state index in [4.69, 9.17) is 4.74 Å². The third-order valence-electron chi connectivity index (χ3n) is 9.23. The molecule has 0 aromatic heterocycles. The van der Waals surface area contributed by atoms with Crippen LogP contribution in [0, 0.1) is 17.3 Å². The normalized spacial score (nSPS) is 24.5. The minimum atomic E-state index is -3.06. The molecule has 0 N–H and O–H groups in total. The third kappa shape index (κ3) is 4.69. The molecular weight excluding hydrogens is 485 g/mol. The molecule has 3 aliphatic rings. The van der Waals surface area contributed by atoms with Gasteiger partial charge in [-0.25, -0.2) is 4.67 Å². The Morgan fingerprint density at radius 2 is 1.63 bits per heavy atom. The van der Waals surface area contributed by atoms with Crippen LogP contribution in [0.5, 0.6) is 5.75 Å². The van der Waals surface area contributed by atoms with Gasteiger partial charge in [0.05, 0.1) is 7.11 Å². The zero-order chi connectivity index (χ0) is 26.2. The van der Waals surface area contributed by atoms with Crippen molar-refractivity contribution >= 4 is 23.5 Å². The molecule has 2 saturated carbocycles. The van der Waals surface area contributed by atoms with Gasteiger partial charge in [-0.1, -0.05) is 80.8 Å². The van der Waals surface area contributed by atoms with Crippen molar-refractivity contribution in [2.45, 2.75) is 57.9 Å². The van der Waals surface area contributed by atoms with Gasteiger partial charge in [0.2, 0.25) is 7.29 Å². The van der Waals surface area contributed by atoms with E-state index >= 15 is 4.57 Å². The molecule has 3 nitrogen and oxygen atoms in total. The van der Waals surface area contributed by atoms with Gasteiger partial charge in [-0.15, -0.1) is 0 Å². The van der Waals surface area contributed by atoms with Crippen LogP contribution in [0.3, 0.4) is 0 Å². The zero-order valence-corrected chi connectivity index (χ0v) is 23.7. The summed E-state index contributed by atoms with van der Waals surface area (Å²) in [7, 11) is -1.32. The van der Waals surface area contributed by atoms with Crippen molar-refractivity contribution in [2.24, 2.45) is 17.3 Å². The van der Waals surface area contributed by atoms with Crippen molar-refractivity contribution in [2.75, 3.05) is 13.7 Å². The Morgan fingerprint density at radius 3 is 2.24 bits per heavy atom. The first-order valence-electron chi connectivity index (χ1n) is 14.4. The predicted molar refractivity (Wildman–Crippen MR) is 159 cm³/mol. The number of rotatable bonds is 9. The number of benzene rings is 3. The molecule has 0 radical (unpaired) electrons. The maximum absolute atomic E-state index is 15.7. The minimum absolute atomic E-state index is 0.191. The second-order valence-electron chi connectivity index (χ2n) is 11.6. The van der Waals surface area contributed by atoms with Crippen LogP contribution in [0.2, 0.25) is 0 Å². The van der Waals surface area contributed by atoms with Crippen LogP contribution in [-0.4, -0.2) is 24.4 Å². The third-order valence-corrected chi connectivity index (χ3v) is 12.4. The zero-order valence-electron chi connectivity index (χ0n) is 22.8. The SMILES string of the molecule is CCCC[C@H]1C[C@@H]1[C@@H]1N(P(=O)(c2ccccc2)c2ccccc2)CC=C(c2cccc(OC)c2)CC12CC2. The summed E-state index contributed by atoms with van der Waals surface area (Å²) in [5.41, 5.74) is 2.81. The highest BCUT2D eigenvalue weighted by molar-refractivity contribution is 7.76. The second kappa shape index (κ2) is 10.5. The van der Waals surface area contributed by atoms with Gasteiger partial charge in [0.25, 0.3) is 0 Å². The summed E-state index contributed by atoms with van der Waals surface area (Å²) in [6.45, 7) is 3.00. The molecule has 2 aliphatic carbocycles. The number of hydrogen-bond donors (Lipinski definition) is 0. The lowest BCUT2D eigenvalue weighted by atomic mass is 9.84. The van der Waals surface area contributed by atoms with Crippen molar-refractivity contribution in [3.63, 3.8) is 0 Å². The van der Waals surface area contributed by atoms with Crippen LogP contribution in [-0.2, 0) is 4.57 Å². The fourth-order valence-corrected chi connectivity index (χ4v) is 10.1. The Morgan fingerprint density at radius 1 is 0.947 bits per heavy atom. The van der Waals surface area contributed by atoms with Crippen molar-refractivity contribution in [1.82, 2.24) is 4.67 Å². The lowest BCUT2D eigenvalue weighted by molar-refractivity contribution is 0.205. The summed E-state index contributed by atoms with van der Waals surface area (Å²) in [6.07, 6.45) is 11.0. The van der Waals surface area contributed by atoms with E-state index in [1.807, 2.05) is 42.5 Å². The number of hydrogen-bond acceptors (Lipinski definition) is 2. The van der Waals surface area contributed by atoms with Crippen LogP contribution in [0.4, 0.5) is 0 Å². The first-order valence-corrected chi connectivity index (χ1v) is 16.1. The number of methoxy groups -OCH3 is 1. The average Bonchev–Trinajstić information content (AvgIpc) is 3.91. The predicted octanol–water partition coefficient (Wildman–Crippen LogP) is 7.69. The van der Waals surface area contributed by atoms with Crippen LogP contribution >= 0.6 is 7.29 Å². The molecular formula is C34H40NO2P. The van der Waals surface area contributed by atoms with E-state index in [1.165, 1.54) is 49.7 Å². The quantitative estimate of drug-likeness (QED) is 0.268. The molecule has 4 heteroatoms. The van der Waals surface area contributed by atoms with Crippen LogP contribution < -0.4 is 15.3 Å².